The summed E-state index contributed by atoms with van der Waals surface area (Å²) in [5, 5.41) is 3.25. The number of benzene rings is 1. The molecule has 0 bridgehead atoms. The molecule has 2 nitrogen and oxygen atoms in total. The van der Waals surface area contributed by atoms with Crippen LogP contribution in [0.4, 0.5) is 0 Å². The smallest absolute Gasteiger partial charge is 0.122 e. The lowest BCUT2D eigenvalue weighted by molar-refractivity contribution is 0.357. The van der Waals surface area contributed by atoms with E-state index >= 15 is 0 Å². The Bertz CT molecular complexity index is 322. The maximum atomic E-state index is 5.47. The summed E-state index contributed by atoms with van der Waals surface area (Å²) in [5.74, 6) is 1.07. The normalized spacial score (nSPS) is 16.1. The summed E-state index contributed by atoms with van der Waals surface area (Å²) in [4.78, 5) is 0. The van der Waals surface area contributed by atoms with Crippen molar-refractivity contribution >= 4 is 0 Å². The molecule has 0 aliphatic carbocycles. The lowest BCUT2D eigenvalue weighted by atomic mass is 10.0. The van der Waals surface area contributed by atoms with Crippen LogP contribution < -0.4 is 10.1 Å². The third-order valence-electron chi connectivity index (χ3n) is 2.79. The monoisotopic (exact) mass is 191 g/mol. The molecule has 0 amide bonds. The lowest BCUT2D eigenvalue weighted by Crippen LogP contribution is -2.23. The Hall–Kier alpha value is -1.02. The third-order valence-corrected chi connectivity index (χ3v) is 2.79. The molecular formula is C12H17NO. The van der Waals surface area contributed by atoms with Crippen LogP contribution in [0.3, 0.4) is 0 Å². The molecule has 1 heterocycles. The highest BCUT2D eigenvalue weighted by Gasteiger charge is 2.12. The van der Waals surface area contributed by atoms with Crippen LogP contribution in [0.2, 0.25) is 0 Å². The van der Waals surface area contributed by atoms with E-state index in [1.165, 1.54) is 11.1 Å². The standard InChI is InChI=1S/C12H17NO/c1-9(13-2)7-10-3-4-12-11(8-10)5-6-14-12/h3-4,8-9,13H,5-7H2,1-2H3/t9-/m1/s1. The zero-order valence-corrected chi connectivity index (χ0v) is 8.84. The Morgan fingerprint density at radius 1 is 1.50 bits per heavy atom. The predicted octanol–water partition coefficient (Wildman–Crippen LogP) is 1.77. The van der Waals surface area contributed by atoms with Crippen molar-refractivity contribution in [1.29, 1.82) is 0 Å². The van der Waals surface area contributed by atoms with E-state index in [4.69, 9.17) is 4.74 Å². The van der Waals surface area contributed by atoms with Crippen LogP contribution >= 0.6 is 0 Å². The van der Waals surface area contributed by atoms with E-state index in [1.54, 1.807) is 0 Å². The van der Waals surface area contributed by atoms with Gasteiger partial charge in [-0.25, -0.2) is 0 Å². The van der Waals surface area contributed by atoms with Gasteiger partial charge in [-0.3, -0.25) is 0 Å². The van der Waals surface area contributed by atoms with Crippen molar-refractivity contribution in [2.45, 2.75) is 25.8 Å². The van der Waals surface area contributed by atoms with Crippen LogP contribution in [0.15, 0.2) is 18.2 Å². The summed E-state index contributed by atoms with van der Waals surface area (Å²) in [6, 6.07) is 7.07. The molecule has 0 spiro atoms. The highest BCUT2D eigenvalue weighted by atomic mass is 16.5. The van der Waals surface area contributed by atoms with Crippen molar-refractivity contribution in [2.75, 3.05) is 13.7 Å². The summed E-state index contributed by atoms with van der Waals surface area (Å²) < 4.78 is 5.47. The largest absolute Gasteiger partial charge is 0.493 e. The van der Waals surface area contributed by atoms with Gasteiger partial charge in [-0.15, -0.1) is 0 Å². The van der Waals surface area contributed by atoms with E-state index in [0.717, 1.165) is 25.2 Å². The molecule has 2 heteroatoms. The van der Waals surface area contributed by atoms with Gasteiger partial charge in [-0.05, 0) is 37.6 Å². The average molecular weight is 191 g/mol. The van der Waals surface area contributed by atoms with Crippen LogP contribution in [0.25, 0.3) is 0 Å². The van der Waals surface area contributed by atoms with Gasteiger partial charge in [-0.1, -0.05) is 12.1 Å². The molecule has 0 saturated heterocycles. The van der Waals surface area contributed by atoms with Crippen molar-refractivity contribution in [3.8, 4) is 5.75 Å². The second-order valence-corrected chi connectivity index (χ2v) is 3.93. The molecule has 0 fully saturated rings. The summed E-state index contributed by atoms with van der Waals surface area (Å²) in [5.41, 5.74) is 2.77. The first-order valence-electron chi connectivity index (χ1n) is 5.21. The third kappa shape index (κ3) is 1.90. The van der Waals surface area contributed by atoms with Gasteiger partial charge in [0, 0.05) is 12.5 Å². The van der Waals surface area contributed by atoms with Crippen molar-refractivity contribution in [1.82, 2.24) is 5.32 Å². The van der Waals surface area contributed by atoms with Gasteiger partial charge in [0.25, 0.3) is 0 Å². The number of hydrogen-bond acceptors (Lipinski definition) is 2. The van der Waals surface area contributed by atoms with Crippen LogP contribution in [-0.2, 0) is 12.8 Å². The van der Waals surface area contributed by atoms with E-state index in [9.17, 15) is 0 Å². The molecule has 14 heavy (non-hydrogen) atoms. The number of fused-ring (bicyclic) bond motifs is 1. The Balaban J connectivity index is 2.12. The molecule has 76 valence electrons. The summed E-state index contributed by atoms with van der Waals surface area (Å²) in [6.45, 7) is 3.05. The molecule has 0 saturated carbocycles. The topological polar surface area (TPSA) is 21.3 Å². The van der Waals surface area contributed by atoms with Crippen molar-refractivity contribution in [3.63, 3.8) is 0 Å². The molecule has 1 aromatic carbocycles. The minimum atomic E-state index is 0.537. The Labute approximate surface area is 85.3 Å². The van der Waals surface area contributed by atoms with Crippen molar-refractivity contribution in [2.24, 2.45) is 0 Å². The van der Waals surface area contributed by atoms with E-state index in [0.29, 0.717) is 6.04 Å². The molecule has 0 aromatic heterocycles. The minimum Gasteiger partial charge on any atom is -0.493 e. The highest BCUT2D eigenvalue weighted by Crippen LogP contribution is 2.26. The number of nitrogens with one attached hydrogen (secondary N) is 1. The van der Waals surface area contributed by atoms with Gasteiger partial charge in [0.05, 0.1) is 6.61 Å². The first-order chi connectivity index (χ1) is 6.79. The van der Waals surface area contributed by atoms with Gasteiger partial charge in [0.15, 0.2) is 0 Å². The molecule has 1 aromatic rings. The lowest BCUT2D eigenvalue weighted by Gasteiger charge is -2.10. The van der Waals surface area contributed by atoms with Gasteiger partial charge < -0.3 is 10.1 Å². The molecule has 2 rings (SSSR count). The molecule has 0 radical (unpaired) electrons. The van der Waals surface area contributed by atoms with Gasteiger partial charge in [0.1, 0.15) is 5.75 Å². The van der Waals surface area contributed by atoms with E-state index in [1.807, 2.05) is 7.05 Å². The van der Waals surface area contributed by atoms with Crippen molar-refractivity contribution < 1.29 is 4.74 Å². The molecule has 1 N–H and O–H groups in total. The van der Waals surface area contributed by atoms with Crippen LogP contribution in [0.1, 0.15) is 18.1 Å². The Kier molecular flexibility index (Phi) is 2.73. The maximum absolute atomic E-state index is 5.47. The fourth-order valence-electron chi connectivity index (χ4n) is 1.82. The van der Waals surface area contributed by atoms with Crippen LogP contribution in [-0.4, -0.2) is 19.7 Å². The average Bonchev–Trinajstić information content (AvgIpc) is 2.64. The molecule has 1 aliphatic rings. The van der Waals surface area contributed by atoms with E-state index in [-0.39, 0.29) is 0 Å². The second kappa shape index (κ2) is 4.01. The Morgan fingerprint density at radius 2 is 2.36 bits per heavy atom. The summed E-state index contributed by atoms with van der Waals surface area (Å²) >= 11 is 0. The van der Waals surface area contributed by atoms with E-state index < -0.39 is 0 Å². The number of ether oxygens (including phenoxy) is 1. The van der Waals surface area contributed by atoms with Gasteiger partial charge in [-0.2, -0.15) is 0 Å². The molecular weight excluding hydrogens is 174 g/mol. The zero-order valence-electron chi connectivity index (χ0n) is 8.84. The molecule has 0 unspecified atom stereocenters. The number of hydrogen-bond donors (Lipinski definition) is 1. The van der Waals surface area contributed by atoms with Crippen LogP contribution in [0, 0.1) is 0 Å². The molecule has 1 atom stereocenters. The first-order valence-corrected chi connectivity index (χ1v) is 5.21. The minimum absolute atomic E-state index is 0.537. The van der Waals surface area contributed by atoms with Gasteiger partial charge >= 0.3 is 0 Å². The fraction of sp³-hybridized carbons (Fsp3) is 0.500. The SMILES string of the molecule is CN[C@H](C)Cc1ccc2c(c1)CCO2. The predicted molar refractivity (Wildman–Crippen MR) is 57.9 cm³/mol. The quantitative estimate of drug-likeness (QED) is 0.786. The van der Waals surface area contributed by atoms with E-state index in [2.05, 4.69) is 30.4 Å². The van der Waals surface area contributed by atoms with Crippen LogP contribution in [0.5, 0.6) is 5.75 Å². The fourth-order valence-corrected chi connectivity index (χ4v) is 1.82. The molecule has 1 aliphatic heterocycles. The zero-order chi connectivity index (χ0) is 9.97. The second-order valence-electron chi connectivity index (χ2n) is 3.93. The number of rotatable bonds is 3. The first kappa shape index (κ1) is 9.53. The van der Waals surface area contributed by atoms with Crippen molar-refractivity contribution in [3.05, 3.63) is 29.3 Å². The highest BCUT2D eigenvalue weighted by molar-refractivity contribution is 5.39. The Morgan fingerprint density at radius 3 is 3.14 bits per heavy atom. The maximum Gasteiger partial charge on any atom is 0.122 e. The van der Waals surface area contributed by atoms with Gasteiger partial charge in [0.2, 0.25) is 0 Å². The number of likely N-dealkylation sites (N-methyl/N-ethyl adjacent to an activating group) is 1. The summed E-state index contributed by atoms with van der Waals surface area (Å²) in [7, 11) is 2.00. The summed E-state index contributed by atoms with van der Waals surface area (Å²) in [6.07, 6.45) is 2.15.